The second kappa shape index (κ2) is 8.76. The Morgan fingerprint density at radius 3 is 2.32 bits per heavy atom. The zero-order chi connectivity index (χ0) is 23.8. The summed E-state index contributed by atoms with van der Waals surface area (Å²) in [5, 5.41) is 7.75. The average Bonchev–Trinajstić information content (AvgIpc) is 3.30. The van der Waals surface area contributed by atoms with Crippen LogP contribution in [0.25, 0.3) is 17.0 Å². The molecule has 34 heavy (non-hydrogen) atoms. The molecule has 6 nitrogen and oxygen atoms in total. The summed E-state index contributed by atoms with van der Waals surface area (Å²) in [7, 11) is 0. The van der Waals surface area contributed by atoms with Crippen LogP contribution in [0.3, 0.4) is 0 Å². The topological polar surface area (TPSA) is 71.3 Å². The molecule has 1 aliphatic rings. The SMILES string of the molecule is CC1=C(c2nc(-c3ccc(F)cc3)no2)C(c2ccc(C)cc2)NC(=O)N1c1ccc(Cl)cc1. The van der Waals surface area contributed by atoms with E-state index < -0.39 is 6.04 Å². The van der Waals surface area contributed by atoms with Crippen LogP contribution in [-0.2, 0) is 0 Å². The Labute approximate surface area is 200 Å². The minimum Gasteiger partial charge on any atom is -0.334 e. The summed E-state index contributed by atoms with van der Waals surface area (Å²) in [6, 6.07) is 20.0. The number of anilines is 1. The van der Waals surface area contributed by atoms with Gasteiger partial charge in [-0.15, -0.1) is 0 Å². The number of aromatic nitrogens is 2. The van der Waals surface area contributed by atoms with Crippen molar-refractivity contribution in [2.75, 3.05) is 4.90 Å². The molecule has 0 spiro atoms. The molecular weight excluding hydrogens is 455 g/mol. The molecule has 1 aliphatic heterocycles. The van der Waals surface area contributed by atoms with Crippen LogP contribution in [0.5, 0.6) is 0 Å². The lowest BCUT2D eigenvalue weighted by atomic mass is 9.94. The first-order valence-electron chi connectivity index (χ1n) is 10.6. The second-order valence-corrected chi connectivity index (χ2v) is 8.47. The van der Waals surface area contributed by atoms with E-state index in [2.05, 4.69) is 15.5 Å². The van der Waals surface area contributed by atoms with Crippen molar-refractivity contribution in [3.8, 4) is 11.4 Å². The van der Waals surface area contributed by atoms with Crippen LogP contribution in [0.4, 0.5) is 14.9 Å². The maximum absolute atomic E-state index is 13.4. The number of nitrogens with zero attached hydrogens (tertiary/aromatic N) is 3. The summed E-state index contributed by atoms with van der Waals surface area (Å²) in [4.78, 5) is 19.4. The minimum atomic E-state index is -0.502. The molecule has 170 valence electrons. The van der Waals surface area contributed by atoms with Gasteiger partial charge >= 0.3 is 6.03 Å². The van der Waals surface area contributed by atoms with E-state index in [0.29, 0.717) is 33.4 Å². The van der Waals surface area contributed by atoms with Gasteiger partial charge in [-0.2, -0.15) is 4.98 Å². The van der Waals surface area contributed by atoms with Gasteiger partial charge in [0.05, 0.1) is 17.3 Å². The largest absolute Gasteiger partial charge is 0.334 e. The van der Waals surface area contributed by atoms with Gasteiger partial charge in [0, 0.05) is 16.3 Å². The highest BCUT2D eigenvalue weighted by Gasteiger charge is 2.36. The molecule has 8 heteroatoms. The number of carbonyl (C=O) groups is 1. The van der Waals surface area contributed by atoms with Gasteiger partial charge in [0.2, 0.25) is 5.82 Å². The molecule has 1 atom stereocenters. The highest BCUT2D eigenvalue weighted by atomic mass is 35.5. The molecule has 4 aromatic rings. The number of carbonyl (C=O) groups excluding carboxylic acids is 1. The number of amides is 2. The number of rotatable bonds is 4. The van der Waals surface area contributed by atoms with E-state index >= 15 is 0 Å². The van der Waals surface area contributed by atoms with Gasteiger partial charge in [-0.1, -0.05) is 46.6 Å². The lowest BCUT2D eigenvalue weighted by Crippen LogP contribution is -2.46. The third-order valence-electron chi connectivity index (χ3n) is 5.74. The molecule has 5 rings (SSSR count). The second-order valence-electron chi connectivity index (χ2n) is 8.03. The number of nitrogens with one attached hydrogen (secondary N) is 1. The summed E-state index contributed by atoms with van der Waals surface area (Å²) in [6.07, 6.45) is 0. The van der Waals surface area contributed by atoms with Gasteiger partial charge in [0.1, 0.15) is 5.82 Å². The Morgan fingerprint density at radius 1 is 0.971 bits per heavy atom. The third kappa shape index (κ3) is 4.06. The Balaban J connectivity index is 1.64. The zero-order valence-corrected chi connectivity index (χ0v) is 19.2. The molecule has 0 fully saturated rings. The first-order chi connectivity index (χ1) is 16.4. The van der Waals surface area contributed by atoms with Gasteiger partial charge in [-0.3, -0.25) is 4.90 Å². The summed E-state index contributed by atoms with van der Waals surface area (Å²) in [6.45, 7) is 3.84. The fourth-order valence-electron chi connectivity index (χ4n) is 3.98. The van der Waals surface area contributed by atoms with Crippen molar-refractivity contribution in [2.24, 2.45) is 0 Å². The zero-order valence-electron chi connectivity index (χ0n) is 18.4. The van der Waals surface area contributed by atoms with Gasteiger partial charge in [0.15, 0.2) is 0 Å². The predicted octanol–water partition coefficient (Wildman–Crippen LogP) is 6.54. The summed E-state index contributed by atoms with van der Waals surface area (Å²) < 4.78 is 19.0. The van der Waals surface area contributed by atoms with E-state index in [1.54, 1.807) is 41.3 Å². The Morgan fingerprint density at radius 2 is 1.65 bits per heavy atom. The number of aryl methyl sites for hydroxylation is 1. The normalized spacial score (nSPS) is 16.1. The van der Waals surface area contributed by atoms with E-state index in [1.807, 2.05) is 38.1 Å². The summed E-state index contributed by atoms with van der Waals surface area (Å²) >= 11 is 6.05. The molecular formula is C26H20ClFN4O2. The lowest BCUT2D eigenvalue weighted by molar-refractivity contribution is 0.244. The molecule has 1 aromatic heterocycles. The van der Waals surface area contributed by atoms with Crippen molar-refractivity contribution < 1.29 is 13.7 Å². The Kier molecular flexibility index (Phi) is 5.63. The highest BCUT2D eigenvalue weighted by molar-refractivity contribution is 6.30. The fraction of sp³-hybridized carbons (Fsp3) is 0.115. The standard InChI is InChI=1S/C26H20ClFN4O2/c1-15-3-5-17(6-4-15)23-22(25-30-24(31-34-25)18-7-11-20(28)12-8-18)16(2)32(26(33)29-23)21-13-9-19(27)10-14-21/h3-14,23H,1-2H3,(H,29,33). The number of hydrogen-bond acceptors (Lipinski definition) is 4. The first-order valence-corrected chi connectivity index (χ1v) is 11.0. The maximum Gasteiger partial charge on any atom is 0.326 e. The Bertz CT molecular complexity index is 1380. The first kappa shape index (κ1) is 21.9. The molecule has 0 bridgehead atoms. The number of benzene rings is 3. The average molecular weight is 475 g/mol. The number of urea groups is 1. The molecule has 0 saturated heterocycles. The van der Waals surface area contributed by atoms with Crippen LogP contribution in [0, 0.1) is 12.7 Å². The fourth-order valence-corrected chi connectivity index (χ4v) is 4.11. The van der Waals surface area contributed by atoms with E-state index in [0.717, 1.165) is 11.1 Å². The van der Waals surface area contributed by atoms with Crippen LogP contribution in [0.15, 0.2) is 83.0 Å². The van der Waals surface area contributed by atoms with Crippen molar-refractivity contribution in [1.82, 2.24) is 15.5 Å². The van der Waals surface area contributed by atoms with Crippen LogP contribution in [0.2, 0.25) is 5.02 Å². The number of halogens is 2. The van der Waals surface area contributed by atoms with E-state index in [1.165, 1.54) is 12.1 Å². The molecule has 3 aromatic carbocycles. The third-order valence-corrected chi connectivity index (χ3v) is 5.99. The molecule has 0 saturated carbocycles. The molecule has 2 amide bonds. The smallest absolute Gasteiger partial charge is 0.326 e. The van der Waals surface area contributed by atoms with Crippen molar-refractivity contribution >= 4 is 28.9 Å². The lowest BCUT2D eigenvalue weighted by Gasteiger charge is -2.35. The molecule has 0 aliphatic carbocycles. The summed E-state index contributed by atoms with van der Waals surface area (Å²) in [5.41, 5.74) is 4.57. The van der Waals surface area contributed by atoms with E-state index in [9.17, 15) is 9.18 Å². The number of allylic oxidation sites excluding steroid dienone is 1. The van der Waals surface area contributed by atoms with Crippen molar-refractivity contribution in [3.05, 3.63) is 106 Å². The van der Waals surface area contributed by atoms with Crippen LogP contribution in [0.1, 0.15) is 30.0 Å². The van der Waals surface area contributed by atoms with Crippen LogP contribution in [-0.4, -0.2) is 16.2 Å². The van der Waals surface area contributed by atoms with E-state index in [-0.39, 0.29) is 17.7 Å². The Hall–Kier alpha value is -3.97. The monoisotopic (exact) mass is 474 g/mol. The molecule has 2 heterocycles. The maximum atomic E-state index is 13.4. The number of hydrogen-bond donors (Lipinski definition) is 1. The molecule has 1 unspecified atom stereocenters. The van der Waals surface area contributed by atoms with Gasteiger partial charge in [-0.05, 0) is 67.9 Å². The van der Waals surface area contributed by atoms with E-state index in [4.69, 9.17) is 16.1 Å². The minimum absolute atomic E-state index is 0.265. The molecule has 1 N–H and O–H groups in total. The quantitative estimate of drug-likeness (QED) is 0.364. The summed E-state index contributed by atoms with van der Waals surface area (Å²) in [5.74, 6) is 0.244. The molecule has 0 radical (unpaired) electrons. The highest BCUT2D eigenvalue weighted by Crippen LogP contribution is 2.39. The van der Waals surface area contributed by atoms with Crippen molar-refractivity contribution in [1.29, 1.82) is 0 Å². The van der Waals surface area contributed by atoms with Crippen LogP contribution < -0.4 is 10.2 Å². The van der Waals surface area contributed by atoms with Gasteiger partial charge < -0.3 is 9.84 Å². The van der Waals surface area contributed by atoms with Gasteiger partial charge in [0.25, 0.3) is 5.89 Å². The van der Waals surface area contributed by atoms with Gasteiger partial charge in [-0.25, -0.2) is 9.18 Å². The van der Waals surface area contributed by atoms with Crippen molar-refractivity contribution in [3.63, 3.8) is 0 Å². The van der Waals surface area contributed by atoms with Crippen molar-refractivity contribution in [2.45, 2.75) is 19.9 Å². The predicted molar refractivity (Wildman–Crippen MR) is 129 cm³/mol. The van der Waals surface area contributed by atoms with Crippen LogP contribution >= 0.6 is 11.6 Å².